The lowest BCUT2D eigenvalue weighted by Crippen LogP contribution is -2.48. The summed E-state index contributed by atoms with van der Waals surface area (Å²) in [7, 11) is 0. The molecular weight excluding hydrogens is 212 g/mol. The van der Waals surface area contributed by atoms with Gasteiger partial charge in [0, 0.05) is 12.1 Å². The van der Waals surface area contributed by atoms with E-state index in [1.165, 1.54) is 25.7 Å². The summed E-state index contributed by atoms with van der Waals surface area (Å²) in [4.78, 5) is 11.7. The molecule has 0 spiro atoms. The van der Waals surface area contributed by atoms with Gasteiger partial charge in [0.05, 0.1) is 6.54 Å². The molecule has 0 radical (unpaired) electrons. The predicted molar refractivity (Wildman–Crippen MR) is 72.0 cm³/mol. The van der Waals surface area contributed by atoms with E-state index in [2.05, 4.69) is 38.3 Å². The molecule has 0 aliphatic heterocycles. The molecule has 0 bridgehead atoms. The van der Waals surface area contributed by atoms with Gasteiger partial charge < -0.3 is 10.6 Å². The summed E-state index contributed by atoms with van der Waals surface area (Å²) in [5, 5.41) is 6.36. The third kappa shape index (κ3) is 4.30. The van der Waals surface area contributed by atoms with Crippen LogP contribution in [0.4, 0.5) is 0 Å². The van der Waals surface area contributed by atoms with Crippen molar-refractivity contribution in [1.29, 1.82) is 0 Å². The van der Waals surface area contributed by atoms with Gasteiger partial charge >= 0.3 is 0 Å². The molecule has 0 unspecified atom stereocenters. The zero-order valence-corrected chi connectivity index (χ0v) is 11.9. The standard InChI is InChI=1S/C14H28N2O/c1-5-13(3,4)16-12(17)10-15-11-14(6-2)8-7-9-14/h15H,5-11H2,1-4H3,(H,16,17). The fourth-order valence-electron chi connectivity index (χ4n) is 2.28. The quantitative estimate of drug-likeness (QED) is 0.718. The number of nitrogens with one attached hydrogen (secondary N) is 2. The van der Waals surface area contributed by atoms with Crippen LogP contribution in [0.15, 0.2) is 0 Å². The average Bonchev–Trinajstić information content (AvgIpc) is 2.21. The second kappa shape index (κ2) is 5.85. The minimum absolute atomic E-state index is 0.0856. The molecule has 3 heteroatoms. The van der Waals surface area contributed by atoms with Crippen molar-refractivity contribution >= 4 is 5.91 Å². The first-order valence-electron chi connectivity index (χ1n) is 6.95. The van der Waals surface area contributed by atoms with Crippen molar-refractivity contribution in [3.05, 3.63) is 0 Å². The van der Waals surface area contributed by atoms with E-state index in [-0.39, 0.29) is 11.4 Å². The first kappa shape index (κ1) is 14.5. The van der Waals surface area contributed by atoms with Gasteiger partial charge in [-0.3, -0.25) is 4.79 Å². The smallest absolute Gasteiger partial charge is 0.234 e. The predicted octanol–water partition coefficient (Wildman–Crippen LogP) is 2.46. The fourth-order valence-corrected chi connectivity index (χ4v) is 2.28. The van der Waals surface area contributed by atoms with Crippen LogP contribution in [-0.4, -0.2) is 24.5 Å². The lowest BCUT2D eigenvalue weighted by atomic mass is 9.67. The number of amides is 1. The molecule has 17 heavy (non-hydrogen) atoms. The van der Waals surface area contributed by atoms with Crippen molar-refractivity contribution in [2.24, 2.45) is 5.41 Å². The molecule has 1 amide bonds. The van der Waals surface area contributed by atoms with E-state index in [1.54, 1.807) is 0 Å². The first-order valence-corrected chi connectivity index (χ1v) is 6.95. The Morgan fingerprint density at radius 3 is 2.35 bits per heavy atom. The van der Waals surface area contributed by atoms with Gasteiger partial charge in [0.15, 0.2) is 0 Å². The maximum atomic E-state index is 11.7. The molecule has 0 aromatic carbocycles. The maximum absolute atomic E-state index is 11.7. The second-order valence-electron chi connectivity index (χ2n) is 6.10. The molecular formula is C14H28N2O. The molecule has 100 valence electrons. The molecule has 1 aliphatic carbocycles. The highest BCUT2D eigenvalue weighted by Gasteiger charge is 2.34. The van der Waals surface area contributed by atoms with Crippen LogP contribution in [0.1, 0.15) is 59.8 Å². The highest BCUT2D eigenvalue weighted by molar-refractivity contribution is 5.78. The second-order valence-corrected chi connectivity index (χ2v) is 6.10. The Balaban J connectivity index is 2.20. The summed E-state index contributed by atoms with van der Waals surface area (Å²) in [6.07, 6.45) is 6.17. The van der Waals surface area contributed by atoms with E-state index >= 15 is 0 Å². The van der Waals surface area contributed by atoms with Gasteiger partial charge in [-0.05, 0) is 44.9 Å². The Morgan fingerprint density at radius 1 is 1.29 bits per heavy atom. The lowest BCUT2D eigenvalue weighted by Gasteiger charge is -2.41. The fraction of sp³-hybridized carbons (Fsp3) is 0.929. The minimum Gasteiger partial charge on any atom is -0.350 e. The van der Waals surface area contributed by atoms with Crippen LogP contribution in [0, 0.1) is 5.41 Å². The third-order valence-electron chi connectivity index (χ3n) is 4.31. The highest BCUT2D eigenvalue weighted by Crippen LogP contribution is 2.42. The number of carbonyl (C=O) groups excluding carboxylic acids is 1. The molecule has 3 nitrogen and oxygen atoms in total. The zero-order valence-electron chi connectivity index (χ0n) is 11.9. The van der Waals surface area contributed by atoms with Gasteiger partial charge in [-0.25, -0.2) is 0 Å². The first-order chi connectivity index (χ1) is 7.93. The van der Waals surface area contributed by atoms with Gasteiger partial charge in [0.25, 0.3) is 0 Å². The van der Waals surface area contributed by atoms with Gasteiger partial charge in [0.1, 0.15) is 0 Å². The van der Waals surface area contributed by atoms with E-state index in [0.717, 1.165) is 13.0 Å². The van der Waals surface area contributed by atoms with Crippen LogP contribution in [-0.2, 0) is 4.79 Å². The SMILES string of the molecule is CCC1(CNCC(=O)NC(C)(C)CC)CCC1. The van der Waals surface area contributed by atoms with E-state index in [4.69, 9.17) is 0 Å². The Kier molecular flexibility index (Phi) is 4.99. The summed E-state index contributed by atoms with van der Waals surface area (Å²) in [6, 6.07) is 0. The summed E-state index contributed by atoms with van der Waals surface area (Å²) in [5.41, 5.74) is 0.401. The lowest BCUT2D eigenvalue weighted by molar-refractivity contribution is -0.122. The highest BCUT2D eigenvalue weighted by atomic mass is 16.2. The van der Waals surface area contributed by atoms with Crippen LogP contribution in [0.25, 0.3) is 0 Å². The summed E-state index contributed by atoms with van der Waals surface area (Å²) >= 11 is 0. The van der Waals surface area contributed by atoms with Gasteiger partial charge in [-0.2, -0.15) is 0 Å². The Hall–Kier alpha value is -0.570. The topological polar surface area (TPSA) is 41.1 Å². The summed E-state index contributed by atoms with van der Waals surface area (Å²) < 4.78 is 0. The van der Waals surface area contributed by atoms with Crippen LogP contribution in [0.5, 0.6) is 0 Å². The largest absolute Gasteiger partial charge is 0.350 e. The number of rotatable bonds is 7. The van der Waals surface area contributed by atoms with Crippen molar-refractivity contribution in [2.75, 3.05) is 13.1 Å². The van der Waals surface area contributed by atoms with Crippen molar-refractivity contribution in [1.82, 2.24) is 10.6 Å². The van der Waals surface area contributed by atoms with Gasteiger partial charge in [-0.15, -0.1) is 0 Å². The zero-order chi connectivity index (χ0) is 12.9. The average molecular weight is 240 g/mol. The van der Waals surface area contributed by atoms with E-state index in [1.807, 2.05) is 0 Å². The molecule has 0 heterocycles. The van der Waals surface area contributed by atoms with E-state index in [0.29, 0.717) is 12.0 Å². The van der Waals surface area contributed by atoms with Crippen LogP contribution < -0.4 is 10.6 Å². The van der Waals surface area contributed by atoms with E-state index in [9.17, 15) is 4.79 Å². The van der Waals surface area contributed by atoms with Crippen molar-refractivity contribution < 1.29 is 4.79 Å². The van der Waals surface area contributed by atoms with E-state index < -0.39 is 0 Å². The van der Waals surface area contributed by atoms with Crippen molar-refractivity contribution in [3.8, 4) is 0 Å². The Morgan fingerprint density at radius 2 is 1.94 bits per heavy atom. The molecule has 0 atom stereocenters. The maximum Gasteiger partial charge on any atom is 0.234 e. The van der Waals surface area contributed by atoms with Crippen molar-refractivity contribution in [2.45, 2.75) is 65.3 Å². The molecule has 2 N–H and O–H groups in total. The molecule has 0 aromatic heterocycles. The molecule has 0 aromatic rings. The van der Waals surface area contributed by atoms with Crippen LogP contribution >= 0.6 is 0 Å². The number of carbonyl (C=O) groups is 1. The number of hydrogen-bond donors (Lipinski definition) is 2. The molecule has 1 saturated carbocycles. The molecule has 1 fully saturated rings. The van der Waals surface area contributed by atoms with Crippen LogP contribution in [0.2, 0.25) is 0 Å². The summed E-state index contributed by atoms with van der Waals surface area (Å²) in [5.74, 6) is 0.113. The van der Waals surface area contributed by atoms with Crippen LogP contribution in [0.3, 0.4) is 0 Å². The molecule has 1 rings (SSSR count). The normalized spacial score (nSPS) is 18.6. The Bertz CT molecular complexity index is 251. The molecule has 1 aliphatic rings. The summed E-state index contributed by atoms with van der Waals surface area (Å²) in [6.45, 7) is 9.90. The monoisotopic (exact) mass is 240 g/mol. The van der Waals surface area contributed by atoms with Gasteiger partial charge in [0.2, 0.25) is 5.91 Å². The Labute approximate surface area is 106 Å². The minimum atomic E-state index is -0.0856. The van der Waals surface area contributed by atoms with Crippen molar-refractivity contribution in [3.63, 3.8) is 0 Å². The molecule has 0 saturated heterocycles. The van der Waals surface area contributed by atoms with Gasteiger partial charge in [-0.1, -0.05) is 20.3 Å². The number of hydrogen-bond acceptors (Lipinski definition) is 2. The third-order valence-corrected chi connectivity index (χ3v) is 4.31.